The van der Waals surface area contributed by atoms with Crippen LogP contribution in [0.1, 0.15) is 25.3 Å². The molecule has 1 aromatic carbocycles. The van der Waals surface area contributed by atoms with Crippen LogP contribution in [0.4, 0.5) is 0 Å². The summed E-state index contributed by atoms with van der Waals surface area (Å²) >= 11 is 3.55. The van der Waals surface area contributed by atoms with Gasteiger partial charge in [0.05, 0.1) is 29.5 Å². The predicted molar refractivity (Wildman–Crippen MR) is 107 cm³/mol. The Morgan fingerprint density at radius 2 is 2.21 bits per heavy atom. The molecule has 0 aliphatic carbocycles. The van der Waals surface area contributed by atoms with E-state index in [2.05, 4.69) is 62.9 Å². The van der Waals surface area contributed by atoms with Gasteiger partial charge < -0.3 is 15.0 Å². The van der Waals surface area contributed by atoms with Gasteiger partial charge in [-0.25, -0.2) is 4.98 Å². The molecule has 0 radical (unpaired) electrons. The molecule has 2 aromatic rings. The van der Waals surface area contributed by atoms with Gasteiger partial charge in [0.15, 0.2) is 0 Å². The smallest absolute Gasteiger partial charge is 0.0961 e. The van der Waals surface area contributed by atoms with Crippen molar-refractivity contribution in [2.45, 2.75) is 45.4 Å². The van der Waals surface area contributed by atoms with Crippen LogP contribution in [0.5, 0.6) is 0 Å². The van der Waals surface area contributed by atoms with E-state index in [4.69, 9.17) is 0 Å². The molecule has 0 saturated carbocycles. The molecule has 4 nitrogen and oxygen atoms in total. The average molecular weight is 437 g/mol. The van der Waals surface area contributed by atoms with Gasteiger partial charge in [-0.2, -0.15) is 0 Å². The Bertz CT molecular complexity index is 717. The first-order valence-electron chi connectivity index (χ1n) is 7.75. The number of nitrogens with one attached hydrogen (secondary N) is 1. The second-order valence-corrected chi connectivity index (χ2v) is 6.97. The Balaban J connectivity index is 0.00000144. The summed E-state index contributed by atoms with van der Waals surface area (Å²) in [5.74, 6) is 0. The number of aliphatic hydroxyl groups excluding tert-OH is 1. The van der Waals surface area contributed by atoms with Crippen molar-refractivity contribution in [2.75, 3.05) is 6.54 Å². The van der Waals surface area contributed by atoms with Gasteiger partial charge >= 0.3 is 0 Å². The van der Waals surface area contributed by atoms with E-state index in [0.29, 0.717) is 0 Å². The van der Waals surface area contributed by atoms with Crippen LogP contribution in [0, 0.1) is 6.92 Å². The van der Waals surface area contributed by atoms with Gasteiger partial charge in [-0.05, 0) is 50.9 Å². The maximum atomic E-state index is 10.1. The zero-order chi connectivity index (χ0) is 15.7. The van der Waals surface area contributed by atoms with Crippen molar-refractivity contribution in [3.8, 4) is 0 Å². The van der Waals surface area contributed by atoms with Crippen molar-refractivity contribution in [2.24, 2.45) is 0 Å². The summed E-state index contributed by atoms with van der Waals surface area (Å²) in [5, 5.41) is 13.4. The van der Waals surface area contributed by atoms with E-state index >= 15 is 0 Å². The van der Waals surface area contributed by atoms with Gasteiger partial charge in [0, 0.05) is 11.0 Å². The third kappa shape index (κ3) is 4.52. The minimum atomic E-state index is -0.276. The molecule has 2 atom stereocenters. The van der Waals surface area contributed by atoms with Crippen LogP contribution in [-0.2, 0) is 6.54 Å². The number of allylic oxidation sites excluding steroid dienone is 1. The molecular formula is C17H24BrCl2N3O. The van der Waals surface area contributed by atoms with Crippen LogP contribution in [-0.4, -0.2) is 33.3 Å². The Morgan fingerprint density at radius 1 is 1.46 bits per heavy atom. The molecule has 24 heavy (non-hydrogen) atoms. The zero-order valence-corrected chi connectivity index (χ0v) is 17.0. The first kappa shape index (κ1) is 21.5. The van der Waals surface area contributed by atoms with E-state index in [0.717, 1.165) is 41.4 Å². The summed E-state index contributed by atoms with van der Waals surface area (Å²) in [7, 11) is 0. The number of fused-ring (bicyclic) bond motifs is 1. The van der Waals surface area contributed by atoms with E-state index in [1.165, 1.54) is 11.1 Å². The highest BCUT2D eigenvalue weighted by molar-refractivity contribution is 9.10. The van der Waals surface area contributed by atoms with E-state index in [9.17, 15) is 5.11 Å². The third-order valence-corrected chi connectivity index (χ3v) is 5.19. The number of imidazole rings is 1. The second-order valence-electron chi connectivity index (χ2n) is 6.12. The van der Waals surface area contributed by atoms with Crippen LogP contribution in [0.15, 0.2) is 34.6 Å². The van der Waals surface area contributed by atoms with Gasteiger partial charge in [-0.1, -0.05) is 27.6 Å². The quantitative estimate of drug-likeness (QED) is 0.714. The lowest BCUT2D eigenvalue weighted by Crippen LogP contribution is -2.43. The molecule has 2 N–H and O–H groups in total. The van der Waals surface area contributed by atoms with Crippen LogP contribution in [0.2, 0.25) is 0 Å². The van der Waals surface area contributed by atoms with Gasteiger partial charge in [0.25, 0.3) is 0 Å². The van der Waals surface area contributed by atoms with Gasteiger partial charge in [0.1, 0.15) is 0 Å². The minimum Gasteiger partial charge on any atom is -0.391 e. The highest BCUT2D eigenvalue weighted by Gasteiger charge is 2.20. The lowest BCUT2D eigenvalue weighted by Gasteiger charge is -2.27. The summed E-state index contributed by atoms with van der Waals surface area (Å²) in [6.45, 7) is 5.96. The molecule has 7 heteroatoms. The molecule has 0 bridgehead atoms. The fraction of sp³-hybridized carbons (Fsp3) is 0.471. The van der Waals surface area contributed by atoms with Crippen LogP contribution in [0.3, 0.4) is 0 Å². The lowest BCUT2D eigenvalue weighted by atomic mass is 9.99. The number of nitrogens with zero attached hydrogens (tertiary/aromatic N) is 2. The lowest BCUT2D eigenvalue weighted by molar-refractivity contribution is 0.115. The number of piperidine rings is 1. The van der Waals surface area contributed by atoms with Gasteiger partial charge in [-0.3, -0.25) is 0 Å². The second kappa shape index (κ2) is 9.20. The number of hydrogen-bond donors (Lipinski definition) is 2. The Kier molecular flexibility index (Phi) is 8.23. The first-order chi connectivity index (χ1) is 10.6. The van der Waals surface area contributed by atoms with Crippen LogP contribution >= 0.6 is 40.7 Å². The monoisotopic (exact) mass is 435 g/mol. The van der Waals surface area contributed by atoms with E-state index in [1.54, 1.807) is 0 Å². The van der Waals surface area contributed by atoms with Crippen molar-refractivity contribution in [1.29, 1.82) is 0 Å². The highest BCUT2D eigenvalue weighted by atomic mass is 79.9. The average Bonchev–Trinajstić information content (AvgIpc) is 2.89. The third-order valence-electron chi connectivity index (χ3n) is 4.33. The number of rotatable bonds is 3. The fourth-order valence-electron chi connectivity index (χ4n) is 3.07. The van der Waals surface area contributed by atoms with Gasteiger partial charge in [0.2, 0.25) is 0 Å². The molecule has 0 unspecified atom stereocenters. The molecule has 2 heterocycles. The summed E-state index contributed by atoms with van der Waals surface area (Å²) in [6, 6.07) is 4.24. The summed E-state index contributed by atoms with van der Waals surface area (Å²) in [6.07, 6.45) is 5.70. The number of aliphatic hydroxyl groups is 1. The molecule has 1 fully saturated rings. The molecule has 3 rings (SSSR count). The van der Waals surface area contributed by atoms with Crippen molar-refractivity contribution in [3.05, 3.63) is 40.1 Å². The van der Waals surface area contributed by atoms with Crippen molar-refractivity contribution < 1.29 is 5.11 Å². The van der Waals surface area contributed by atoms with E-state index < -0.39 is 0 Å². The molecule has 1 aliphatic rings. The molecule has 0 spiro atoms. The van der Waals surface area contributed by atoms with Crippen molar-refractivity contribution >= 4 is 51.8 Å². The SMILES string of the molecule is C/C(=C\[C@H]1NCCC[C@@H]1O)Cn1cnc2c(C)c(Br)ccc21.Cl.Cl. The maximum absolute atomic E-state index is 10.1. The number of halogens is 3. The van der Waals surface area contributed by atoms with Gasteiger partial charge in [-0.15, -0.1) is 24.8 Å². The number of benzene rings is 1. The maximum Gasteiger partial charge on any atom is 0.0961 e. The Labute approximate surface area is 163 Å². The topological polar surface area (TPSA) is 50.1 Å². The molecule has 0 amide bonds. The first-order valence-corrected chi connectivity index (χ1v) is 8.54. The standard InChI is InChI=1S/C17H22BrN3O.2ClH/c1-11(8-14-16(22)4-3-7-19-14)9-21-10-20-17-12(2)13(18)5-6-15(17)21;;/h5-6,8,10,14,16,19,22H,3-4,7,9H2,1-2H3;2*1H/b11-8+;;/t14-,16+;;/m1../s1. The van der Waals surface area contributed by atoms with Crippen LogP contribution < -0.4 is 5.32 Å². The summed E-state index contributed by atoms with van der Waals surface area (Å²) in [4.78, 5) is 4.53. The Morgan fingerprint density at radius 3 is 2.92 bits per heavy atom. The zero-order valence-electron chi connectivity index (χ0n) is 13.8. The largest absolute Gasteiger partial charge is 0.391 e. The molecule has 134 valence electrons. The number of aromatic nitrogens is 2. The van der Waals surface area contributed by atoms with Crippen molar-refractivity contribution in [1.82, 2.24) is 14.9 Å². The fourth-order valence-corrected chi connectivity index (χ4v) is 3.38. The normalized spacial score (nSPS) is 21.2. The summed E-state index contributed by atoms with van der Waals surface area (Å²) in [5.41, 5.74) is 4.59. The van der Waals surface area contributed by atoms with Crippen molar-refractivity contribution in [3.63, 3.8) is 0 Å². The minimum absolute atomic E-state index is 0. The predicted octanol–water partition coefficient (Wildman–Crippen LogP) is 4.01. The van der Waals surface area contributed by atoms with E-state index in [-0.39, 0.29) is 37.0 Å². The Hall–Kier alpha value is -0.590. The van der Waals surface area contributed by atoms with E-state index in [1.807, 2.05) is 6.33 Å². The highest BCUT2D eigenvalue weighted by Crippen LogP contribution is 2.25. The molecule has 1 aromatic heterocycles. The van der Waals surface area contributed by atoms with Crippen LogP contribution in [0.25, 0.3) is 11.0 Å². The molecular weight excluding hydrogens is 413 g/mol. The number of hydrogen-bond acceptors (Lipinski definition) is 3. The molecule has 1 saturated heterocycles. The molecule has 1 aliphatic heterocycles. The summed E-state index contributed by atoms with van der Waals surface area (Å²) < 4.78 is 3.25. The number of aryl methyl sites for hydroxylation is 1.